The van der Waals surface area contributed by atoms with Gasteiger partial charge >= 0.3 is 0 Å². The van der Waals surface area contributed by atoms with Crippen LogP contribution in [0.5, 0.6) is 11.5 Å². The normalized spacial score (nSPS) is 19.8. The predicted octanol–water partition coefficient (Wildman–Crippen LogP) is 7.99. The highest BCUT2D eigenvalue weighted by Crippen LogP contribution is 2.51. The minimum atomic E-state index is 0.0640. The molecule has 0 saturated heterocycles. The van der Waals surface area contributed by atoms with Gasteiger partial charge in [-0.3, -0.25) is 0 Å². The van der Waals surface area contributed by atoms with E-state index in [1.165, 1.54) is 33.5 Å². The Morgan fingerprint density at radius 1 is 0.919 bits per heavy atom. The van der Waals surface area contributed by atoms with Crippen molar-refractivity contribution in [3.8, 4) is 11.5 Å². The molecule has 0 saturated carbocycles. The van der Waals surface area contributed by atoms with Gasteiger partial charge in [-0.2, -0.15) is 0 Å². The summed E-state index contributed by atoms with van der Waals surface area (Å²) in [4.78, 5) is 7.73. The van der Waals surface area contributed by atoms with E-state index in [2.05, 4.69) is 77.9 Å². The van der Waals surface area contributed by atoms with Crippen molar-refractivity contribution >= 4 is 28.7 Å². The first-order valence-electron chi connectivity index (χ1n) is 12.7. The number of fused-ring (bicyclic) bond motifs is 1. The van der Waals surface area contributed by atoms with Crippen LogP contribution in [0.1, 0.15) is 47.6 Å². The van der Waals surface area contributed by atoms with E-state index >= 15 is 0 Å². The zero-order valence-electron chi connectivity index (χ0n) is 21.4. The van der Waals surface area contributed by atoms with Gasteiger partial charge in [0.1, 0.15) is 11.5 Å². The lowest BCUT2D eigenvalue weighted by molar-refractivity contribution is 0.410. The Labute approximate surface area is 223 Å². The van der Waals surface area contributed by atoms with Crippen LogP contribution in [0.15, 0.2) is 100 Å². The second-order valence-electron chi connectivity index (χ2n) is 9.60. The van der Waals surface area contributed by atoms with E-state index in [9.17, 15) is 0 Å². The van der Waals surface area contributed by atoms with Crippen LogP contribution in [0.2, 0.25) is 0 Å². The van der Waals surface area contributed by atoms with Gasteiger partial charge in [-0.15, -0.1) is 0 Å². The average molecular weight is 507 g/mol. The molecule has 186 valence electrons. The topological polar surface area (TPSA) is 34.1 Å². The summed E-state index contributed by atoms with van der Waals surface area (Å²) in [7, 11) is 3.44. The van der Waals surface area contributed by atoms with Gasteiger partial charge in [0.15, 0.2) is 5.17 Å². The molecule has 1 aliphatic carbocycles. The molecule has 0 amide bonds. The number of aliphatic imine (C=N–C) groups is 1. The molecule has 4 nitrogen and oxygen atoms in total. The first-order valence-corrected chi connectivity index (χ1v) is 13.6. The average Bonchev–Trinajstić information content (AvgIpc) is 3.36. The minimum Gasteiger partial charge on any atom is -0.497 e. The second kappa shape index (κ2) is 9.98. The van der Waals surface area contributed by atoms with E-state index < -0.39 is 0 Å². The molecule has 3 aliphatic rings. The molecule has 0 N–H and O–H groups in total. The fourth-order valence-corrected chi connectivity index (χ4v) is 6.32. The lowest BCUT2D eigenvalue weighted by Crippen LogP contribution is -2.34. The Balaban J connectivity index is 1.49. The molecular formula is C32H30N2O2S. The third-order valence-electron chi connectivity index (χ3n) is 7.23. The van der Waals surface area contributed by atoms with E-state index in [1.807, 2.05) is 18.2 Å². The van der Waals surface area contributed by atoms with Crippen LogP contribution >= 0.6 is 11.8 Å². The van der Waals surface area contributed by atoms with Crippen LogP contribution in [-0.2, 0) is 0 Å². The third-order valence-corrected chi connectivity index (χ3v) is 8.07. The number of hydrogen-bond donors (Lipinski definition) is 0. The molecule has 3 aromatic carbocycles. The molecular weight excluding hydrogens is 476 g/mol. The van der Waals surface area contributed by atoms with E-state index in [0.717, 1.165) is 47.2 Å². The molecule has 2 aliphatic heterocycles. The summed E-state index contributed by atoms with van der Waals surface area (Å²) in [6.45, 7) is 2.13. The highest BCUT2D eigenvalue weighted by Gasteiger charge is 2.40. The number of thioether (sulfide) groups is 1. The fourth-order valence-electron chi connectivity index (χ4n) is 5.39. The Kier molecular flexibility index (Phi) is 6.39. The fraction of sp³-hybridized carbons (Fsp3) is 0.219. The zero-order chi connectivity index (χ0) is 25.4. The van der Waals surface area contributed by atoms with Crippen molar-refractivity contribution in [3.05, 3.63) is 117 Å². The summed E-state index contributed by atoms with van der Waals surface area (Å²) in [5.74, 6) is 1.74. The van der Waals surface area contributed by atoms with Gasteiger partial charge in [-0.05, 0) is 84.4 Å². The molecule has 0 radical (unpaired) electrons. The molecule has 0 fully saturated rings. The number of amidine groups is 1. The standard InChI is InChI=1S/C32H30N2O2S/c1-21-13-15-23(16-14-21)29-20-37-32-33-30-24(17-22-7-4-10-26(18-22)35-2)8-6-12-28(30)31(34(29)32)25-9-5-11-27(19-25)36-3/h4-5,7,9-11,13-20,31H,6,8,12H2,1-3H3/b24-17+/t31-/m0/s1. The molecule has 37 heavy (non-hydrogen) atoms. The predicted molar refractivity (Wildman–Crippen MR) is 154 cm³/mol. The van der Waals surface area contributed by atoms with E-state index in [1.54, 1.807) is 26.0 Å². The zero-order valence-corrected chi connectivity index (χ0v) is 22.2. The summed E-state index contributed by atoms with van der Waals surface area (Å²) < 4.78 is 11.1. The highest BCUT2D eigenvalue weighted by atomic mass is 32.2. The summed E-state index contributed by atoms with van der Waals surface area (Å²) >= 11 is 1.71. The molecule has 0 bridgehead atoms. The van der Waals surface area contributed by atoms with Gasteiger partial charge in [0.05, 0.1) is 31.7 Å². The molecule has 0 aromatic heterocycles. The Hall–Kier alpha value is -3.70. The third kappa shape index (κ3) is 4.49. The molecule has 6 rings (SSSR count). The van der Waals surface area contributed by atoms with Crippen molar-refractivity contribution in [2.24, 2.45) is 4.99 Å². The highest BCUT2D eigenvalue weighted by molar-refractivity contribution is 8.16. The van der Waals surface area contributed by atoms with Gasteiger partial charge in [0, 0.05) is 5.41 Å². The Morgan fingerprint density at radius 2 is 1.68 bits per heavy atom. The summed E-state index contributed by atoms with van der Waals surface area (Å²) in [5.41, 5.74) is 9.84. The maximum Gasteiger partial charge on any atom is 0.174 e. The summed E-state index contributed by atoms with van der Waals surface area (Å²) in [6, 6.07) is 25.6. The lowest BCUT2D eigenvalue weighted by Gasteiger charge is -2.40. The van der Waals surface area contributed by atoms with Gasteiger partial charge in [-0.25, -0.2) is 4.99 Å². The maximum atomic E-state index is 5.63. The van der Waals surface area contributed by atoms with E-state index in [-0.39, 0.29) is 6.04 Å². The minimum absolute atomic E-state index is 0.0640. The van der Waals surface area contributed by atoms with Crippen LogP contribution in [0, 0.1) is 6.92 Å². The number of aryl methyl sites for hydroxylation is 1. The van der Waals surface area contributed by atoms with Crippen LogP contribution in [0.3, 0.4) is 0 Å². The van der Waals surface area contributed by atoms with Crippen molar-refractivity contribution in [1.29, 1.82) is 0 Å². The number of ether oxygens (including phenoxy) is 2. The van der Waals surface area contributed by atoms with Crippen molar-refractivity contribution in [3.63, 3.8) is 0 Å². The molecule has 3 aromatic rings. The molecule has 1 atom stereocenters. The van der Waals surface area contributed by atoms with Crippen molar-refractivity contribution in [2.75, 3.05) is 14.2 Å². The van der Waals surface area contributed by atoms with Crippen LogP contribution in [0.4, 0.5) is 0 Å². The number of nitrogens with zero attached hydrogens (tertiary/aromatic N) is 2. The number of allylic oxidation sites excluding steroid dienone is 1. The van der Waals surface area contributed by atoms with Crippen LogP contribution in [0.25, 0.3) is 11.8 Å². The molecule has 0 unspecified atom stereocenters. The van der Waals surface area contributed by atoms with Crippen LogP contribution < -0.4 is 9.47 Å². The molecule has 2 heterocycles. The summed E-state index contributed by atoms with van der Waals surface area (Å²) in [5, 5.41) is 3.28. The quantitative estimate of drug-likeness (QED) is 0.351. The van der Waals surface area contributed by atoms with Crippen molar-refractivity contribution < 1.29 is 9.47 Å². The first-order chi connectivity index (χ1) is 18.1. The number of hydrogen-bond acceptors (Lipinski definition) is 5. The van der Waals surface area contributed by atoms with Gasteiger partial charge in [-0.1, -0.05) is 65.9 Å². The van der Waals surface area contributed by atoms with Gasteiger partial charge < -0.3 is 14.4 Å². The Bertz CT molecular complexity index is 1470. The SMILES string of the molecule is COc1cccc(/C=C2\CCCC3=C2N=C2SC=C(c4ccc(C)cc4)N2[C@H]3c2cccc(OC)c2)c1. The monoisotopic (exact) mass is 506 g/mol. The maximum absolute atomic E-state index is 5.63. The molecule has 0 spiro atoms. The van der Waals surface area contributed by atoms with E-state index in [0.29, 0.717) is 0 Å². The second-order valence-corrected chi connectivity index (χ2v) is 10.4. The first kappa shape index (κ1) is 23.7. The number of methoxy groups -OCH3 is 2. The van der Waals surface area contributed by atoms with Gasteiger partial charge in [0.25, 0.3) is 0 Å². The van der Waals surface area contributed by atoms with Gasteiger partial charge in [0.2, 0.25) is 0 Å². The van der Waals surface area contributed by atoms with Crippen LogP contribution in [-0.4, -0.2) is 24.3 Å². The van der Waals surface area contributed by atoms with Crippen molar-refractivity contribution in [2.45, 2.75) is 32.2 Å². The smallest absolute Gasteiger partial charge is 0.174 e. The van der Waals surface area contributed by atoms with Crippen molar-refractivity contribution in [1.82, 2.24) is 4.90 Å². The lowest BCUT2D eigenvalue weighted by atomic mass is 9.82. The largest absolute Gasteiger partial charge is 0.497 e. The Morgan fingerprint density at radius 3 is 2.46 bits per heavy atom. The number of benzene rings is 3. The molecule has 5 heteroatoms. The van der Waals surface area contributed by atoms with E-state index in [4.69, 9.17) is 14.5 Å². The summed E-state index contributed by atoms with van der Waals surface area (Å²) in [6.07, 6.45) is 5.42. The number of rotatable bonds is 5.